The van der Waals surface area contributed by atoms with E-state index in [9.17, 15) is 9.59 Å². The highest BCUT2D eigenvalue weighted by atomic mass is 16.2. The summed E-state index contributed by atoms with van der Waals surface area (Å²) in [6.07, 6.45) is 3.36. The predicted octanol–water partition coefficient (Wildman–Crippen LogP) is 5.05. The van der Waals surface area contributed by atoms with Crippen LogP contribution in [0, 0.1) is 13.8 Å². The fourth-order valence-electron chi connectivity index (χ4n) is 3.28. The van der Waals surface area contributed by atoms with Crippen LogP contribution < -0.4 is 10.6 Å². The standard InChI is InChI=1S/C26H24N4O2/c1-18-7-11-21(12-8-18)25(31)28-22-13-9-20(10-14-22)15-30-16-24(27-17-30)26(32)29-23-6-4-3-5-19(23)2/h3-14,16-17H,15H2,1-2H3,(H,28,31)(H,29,32). The molecule has 0 saturated heterocycles. The van der Waals surface area contributed by atoms with E-state index >= 15 is 0 Å². The van der Waals surface area contributed by atoms with Gasteiger partial charge in [0.25, 0.3) is 11.8 Å². The van der Waals surface area contributed by atoms with Gasteiger partial charge >= 0.3 is 0 Å². The van der Waals surface area contributed by atoms with Crippen LogP contribution >= 0.6 is 0 Å². The molecule has 32 heavy (non-hydrogen) atoms. The maximum Gasteiger partial charge on any atom is 0.275 e. The minimum absolute atomic E-state index is 0.142. The van der Waals surface area contributed by atoms with Gasteiger partial charge in [-0.25, -0.2) is 4.98 Å². The first-order valence-electron chi connectivity index (χ1n) is 10.3. The molecule has 1 heterocycles. The first-order chi connectivity index (χ1) is 15.5. The molecule has 0 aliphatic rings. The second-order valence-corrected chi connectivity index (χ2v) is 7.72. The number of hydrogen-bond acceptors (Lipinski definition) is 3. The molecule has 0 aliphatic heterocycles. The van der Waals surface area contributed by atoms with Crippen molar-refractivity contribution in [3.63, 3.8) is 0 Å². The van der Waals surface area contributed by atoms with Gasteiger partial charge in [0.2, 0.25) is 0 Å². The number of imidazole rings is 1. The molecule has 4 rings (SSSR count). The van der Waals surface area contributed by atoms with Gasteiger partial charge in [-0.1, -0.05) is 48.0 Å². The Morgan fingerprint density at radius 3 is 2.28 bits per heavy atom. The molecule has 0 saturated carbocycles. The summed E-state index contributed by atoms with van der Waals surface area (Å²) in [5, 5.41) is 5.80. The van der Waals surface area contributed by atoms with E-state index in [1.165, 1.54) is 0 Å². The fourth-order valence-corrected chi connectivity index (χ4v) is 3.28. The van der Waals surface area contributed by atoms with Crippen molar-refractivity contribution in [2.75, 3.05) is 10.6 Å². The van der Waals surface area contributed by atoms with Crippen LogP contribution in [0.15, 0.2) is 85.3 Å². The summed E-state index contributed by atoms with van der Waals surface area (Å²) in [6.45, 7) is 4.50. The summed E-state index contributed by atoms with van der Waals surface area (Å²) in [5.41, 5.74) is 5.61. The van der Waals surface area contributed by atoms with Gasteiger partial charge in [-0.05, 0) is 55.3 Å². The van der Waals surface area contributed by atoms with Crippen LogP contribution in [-0.4, -0.2) is 21.4 Å². The average Bonchev–Trinajstić information content (AvgIpc) is 3.26. The van der Waals surface area contributed by atoms with Crippen molar-refractivity contribution in [1.29, 1.82) is 0 Å². The monoisotopic (exact) mass is 424 g/mol. The normalized spacial score (nSPS) is 10.6. The van der Waals surface area contributed by atoms with Gasteiger partial charge < -0.3 is 15.2 Å². The summed E-state index contributed by atoms with van der Waals surface area (Å²) >= 11 is 0. The van der Waals surface area contributed by atoms with E-state index in [4.69, 9.17) is 0 Å². The van der Waals surface area contributed by atoms with E-state index < -0.39 is 0 Å². The number of aryl methyl sites for hydroxylation is 2. The van der Waals surface area contributed by atoms with E-state index in [1.54, 1.807) is 12.5 Å². The largest absolute Gasteiger partial charge is 0.332 e. The number of amides is 2. The lowest BCUT2D eigenvalue weighted by Crippen LogP contribution is -2.13. The maximum atomic E-state index is 12.5. The highest BCUT2D eigenvalue weighted by Crippen LogP contribution is 2.16. The summed E-state index contributed by atoms with van der Waals surface area (Å²) in [6, 6.07) is 22.7. The molecule has 2 amide bonds. The van der Waals surface area contributed by atoms with Crippen molar-refractivity contribution in [1.82, 2.24) is 9.55 Å². The summed E-state index contributed by atoms with van der Waals surface area (Å²) in [5.74, 6) is -0.385. The number of anilines is 2. The Morgan fingerprint density at radius 2 is 1.56 bits per heavy atom. The van der Waals surface area contributed by atoms with Gasteiger partial charge in [0.1, 0.15) is 5.69 Å². The molecule has 6 nitrogen and oxygen atoms in total. The van der Waals surface area contributed by atoms with Crippen LogP contribution in [0.25, 0.3) is 0 Å². The molecular formula is C26H24N4O2. The van der Waals surface area contributed by atoms with E-state index in [0.29, 0.717) is 17.8 Å². The Kier molecular flexibility index (Phi) is 6.12. The molecule has 2 N–H and O–H groups in total. The SMILES string of the molecule is Cc1ccc(C(=O)Nc2ccc(Cn3cnc(C(=O)Nc4ccccc4C)c3)cc2)cc1. The first-order valence-corrected chi connectivity index (χ1v) is 10.3. The zero-order valence-electron chi connectivity index (χ0n) is 18.0. The smallest absolute Gasteiger partial charge is 0.275 e. The van der Waals surface area contributed by atoms with Crippen molar-refractivity contribution < 1.29 is 9.59 Å². The third-order valence-corrected chi connectivity index (χ3v) is 5.15. The van der Waals surface area contributed by atoms with Gasteiger partial charge in [-0.2, -0.15) is 0 Å². The molecule has 160 valence electrons. The first kappa shape index (κ1) is 21.1. The molecule has 1 aromatic heterocycles. The Hall–Kier alpha value is -4.19. The molecule has 0 unspecified atom stereocenters. The van der Waals surface area contributed by atoms with Crippen LogP contribution in [0.4, 0.5) is 11.4 Å². The zero-order valence-corrected chi connectivity index (χ0v) is 18.0. The number of aromatic nitrogens is 2. The number of rotatable bonds is 6. The predicted molar refractivity (Wildman–Crippen MR) is 126 cm³/mol. The van der Waals surface area contributed by atoms with Gasteiger partial charge in [-0.15, -0.1) is 0 Å². The molecular weight excluding hydrogens is 400 g/mol. The second kappa shape index (κ2) is 9.31. The number of carbonyl (C=O) groups is 2. The van der Waals surface area contributed by atoms with Crippen LogP contribution in [0.3, 0.4) is 0 Å². The molecule has 0 bridgehead atoms. The van der Waals surface area contributed by atoms with E-state index in [-0.39, 0.29) is 11.8 Å². The number of nitrogens with one attached hydrogen (secondary N) is 2. The molecule has 0 fully saturated rings. The minimum Gasteiger partial charge on any atom is -0.332 e. The fraction of sp³-hybridized carbons (Fsp3) is 0.115. The van der Waals surface area contributed by atoms with Crippen molar-refractivity contribution in [2.24, 2.45) is 0 Å². The highest BCUT2D eigenvalue weighted by Gasteiger charge is 2.11. The molecule has 6 heteroatoms. The molecule has 0 spiro atoms. The lowest BCUT2D eigenvalue weighted by Gasteiger charge is -2.08. The van der Waals surface area contributed by atoms with Gasteiger partial charge in [-0.3, -0.25) is 9.59 Å². The number of para-hydroxylation sites is 1. The summed E-state index contributed by atoms with van der Waals surface area (Å²) in [4.78, 5) is 29.1. The Balaban J connectivity index is 1.36. The average molecular weight is 425 g/mol. The number of carbonyl (C=O) groups excluding carboxylic acids is 2. The zero-order chi connectivity index (χ0) is 22.5. The van der Waals surface area contributed by atoms with Gasteiger partial charge in [0.05, 0.1) is 6.33 Å². The lowest BCUT2D eigenvalue weighted by atomic mass is 10.1. The van der Waals surface area contributed by atoms with Crippen LogP contribution in [0.1, 0.15) is 37.5 Å². The minimum atomic E-state index is -0.243. The third kappa shape index (κ3) is 5.10. The highest BCUT2D eigenvalue weighted by molar-refractivity contribution is 6.04. The van der Waals surface area contributed by atoms with Crippen LogP contribution in [0.5, 0.6) is 0 Å². The van der Waals surface area contributed by atoms with Crippen LogP contribution in [-0.2, 0) is 6.54 Å². The number of nitrogens with zero attached hydrogens (tertiary/aromatic N) is 2. The maximum absolute atomic E-state index is 12.5. The lowest BCUT2D eigenvalue weighted by molar-refractivity contribution is 0.101. The quantitative estimate of drug-likeness (QED) is 0.455. The van der Waals surface area contributed by atoms with Crippen molar-refractivity contribution in [3.05, 3.63) is 113 Å². The van der Waals surface area contributed by atoms with Crippen molar-refractivity contribution in [2.45, 2.75) is 20.4 Å². The van der Waals surface area contributed by atoms with E-state index in [0.717, 1.165) is 28.1 Å². The molecule has 0 radical (unpaired) electrons. The van der Waals surface area contributed by atoms with E-state index in [1.807, 2.05) is 91.2 Å². The van der Waals surface area contributed by atoms with Crippen molar-refractivity contribution >= 4 is 23.2 Å². The van der Waals surface area contributed by atoms with Gasteiger partial charge in [0, 0.05) is 29.7 Å². The Labute approximate surface area is 186 Å². The summed E-state index contributed by atoms with van der Waals surface area (Å²) in [7, 11) is 0. The molecule has 3 aromatic carbocycles. The summed E-state index contributed by atoms with van der Waals surface area (Å²) < 4.78 is 1.85. The molecule has 4 aromatic rings. The van der Waals surface area contributed by atoms with E-state index in [2.05, 4.69) is 15.6 Å². The Bertz CT molecular complexity index is 1240. The van der Waals surface area contributed by atoms with Crippen LogP contribution in [0.2, 0.25) is 0 Å². The second-order valence-electron chi connectivity index (χ2n) is 7.72. The molecule has 0 aliphatic carbocycles. The molecule has 0 atom stereocenters. The topological polar surface area (TPSA) is 76.0 Å². The Morgan fingerprint density at radius 1 is 0.844 bits per heavy atom. The number of benzene rings is 3. The third-order valence-electron chi connectivity index (χ3n) is 5.15. The van der Waals surface area contributed by atoms with Gasteiger partial charge in [0.15, 0.2) is 0 Å². The van der Waals surface area contributed by atoms with Crippen molar-refractivity contribution in [3.8, 4) is 0 Å². The number of hydrogen-bond donors (Lipinski definition) is 2.